The fraction of sp³-hybridized carbons (Fsp3) is 0.600. The van der Waals surface area contributed by atoms with Crippen LogP contribution in [0.4, 0.5) is 5.69 Å². The zero-order valence-corrected chi connectivity index (χ0v) is 13.5. The highest BCUT2D eigenvalue weighted by atomic mass is 32.2. The first kappa shape index (κ1) is 15.3. The van der Waals surface area contributed by atoms with Gasteiger partial charge in [0, 0.05) is 18.8 Å². The van der Waals surface area contributed by atoms with Crippen molar-refractivity contribution >= 4 is 15.7 Å². The minimum Gasteiger partial charge on any atom is -0.384 e. The van der Waals surface area contributed by atoms with E-state index in [1.807, 2.05) is 6.07 Å². The summed E-state index contributed by atoms with van der Waals surface area (Å²) in [6, 6.07) is 5.30. The Hall–Kier alpha value is -1.07. The highest BCUT2D eigenvalue weighted by Gasteiger charge is 2.23. The fourth-order valence-electron chi connectivity index (χ4n) is 2.07. The molecule has 0 aliphatic carbocycles. The first-order chi connectivity index (χ1) is 9.20. The highest BCUT2D eigenvalue weighted by Crippen LogP contribution is 2.27. The van der Waals surface area contributed by atoms with Crippen molar-refractivity contribution in [1.82, 2.24) is 4.72 Å². The van der Waals surface area contributed by atoms with E-state index in [0.717, 1.165) is 24.2 Å². The van der Waals surface area contributed by atoms with Crippen LogP contribution in [0.1, 0.15) is 33.3 Å². The summed E-state index contributed by atoms with van der Waals surface area (Å²) < 4.78 is 27.4. The molecule has 2 N–H and O–H groups in total. The zero-order chi connectivity index (χ0) is 15.0. The summed E-state index contributed by atoms with van der Waals surface area (Å²) in [4.78, 5) is 0.362. The van der Waals surface area contributed by atoms with Crippen LogP contribution < -0.4 is 10.0 Å². The Morgan fingerprint density at radius 2 is 2.05 bits per heavy atom. The predicted octanol–water partition coefficient (Wildman–Crippen LogP) is 2.62. The molecule has 2 rings (SSSR count). The van der Waals surface area contributed by atoms with E-state index >= 15 is 0 Å². The predicted molar refractivity (Wildman–Crippen MR) is 82.4 cm³/mol. The Balaban J connectivity index is 2.11. The van der Waals surface area contributed by atoms with Gasteiger partial charge in [0.1, 0.15) is 0 Å². The number of sulfonamides is 1. The molecular weight excluding hydrogens is 272 g/mol. The Kier molecular flexibility index (Phi) is 4.12. The molecule has 0 radical (unpaired) electrons. The second-order valence-electron chi connectivity index (χ2n) is 6.61. The molecule has 1 atom stereocenters. The van der Waals surface area contributed by atoms with Gasteiger partial charge in [-0.15, -0.1) is 0 Å². The van der Waals surface area contributed by atoms with Gasteiger partial charge in [0.05, 0.1) is 4.90 Å². The molecule has 20 heavy (non-hydrogen) atoms. The van der Waals surface area contributed by atoms with Crippen LogP contribution >= 0.6 is 0 Å². The largest absolute Gasteiger partial charge is 0.384 e. The SMILES string of the molecule is CC(CNS(=O)(=O)c1ccc2c(c1)CCN2)C(C)(C)C. The maximum absolute atomic E-state index is 12.3. The van der Waals surface area contributed by atoms with Crippen molar-refractivity contribution in [2.45, 2.75) is 39.0 Å². The first-order valence-corrected chi connectivity index (χ1v) is 8.55. The van der Waals surface area contributed by atoms with Crippen molar-refractivity contribution in [3.8, 4) is 0 Å². The topological polar surface area (TPSA) is 58.2 Å². The Morgan fingerprint density at radius 1 is 1.35 bits per heavy atom. The van der Waals surface area contributed by atoms with Crippen molar-refractivity contribution in [2.24, 2.45) is 11.3 Å². The van der Waals surface area contributed by atoms with Crippen LogP contribution in [0.3, 0.4) is 0 Å². The first-order valence-electron chi connectivity index (χ1n) is 7.06. The molecule has 1 aromatic rings. The van der Waals surface area contributed by atoms with Crippen LogP contribution in [0.2, 0.25) is 0 Å². The van der Waals surface area contributed by atoms with Crippen molar-refractivity contribution in [3.05, 3.63) is 23.8 Å². The number of benzene rings is 1. The number of hydrogen-bond acceptors (Lipinski definition) is 3. The van der Waals surface area contributed by atoms with E-state index in [9.17, 15) is 8.42 Å². The van der Waals surface area contributed by atoms with Gasteiger partial charge in [0.25, 0.3) is 0 Å². The second-order valence-corrected chi connectivity index (χ2v) is 8.38. The summed E-state index contributed by atoms with van der Waals surface area (Å²) >= 11 is 0. The number of fused-ring (bicyclic) bond motifs is 1. The third-order valence-electron chi connectivity index (χ3n) is 4.15. The summed E-state index contributed by atoms with van der Waals surface area (Å²) in [5, 5.41) is 3.23. The van der Waals surface area contributed by atoms with Gasteiger partial charge in [-0.1, -0.05) is 27.7 Å². The van der Waals surface area contributed by atoms with E-state index in [4.69, 9.17) is 0 Å². The molecule has 0 aromatic heterocycles. The van der Waals surface area contributed by atoms with Gasteiger partial charge in [-0.2, -0.15) is 0 Å². The van der Waals surface area contributed by atoms with Gasteiger partial charge in [-0.25, -0.2) is 13.1 Å². The smallest absolute Gasteiger partial charge is 0.240 e. The van der Waals surface area contributed by atoms with Crippen LogP contribution in [0.15, 0.2) is 23.1 Å². The van der Waals surface area contributed by atoms with Gasteiger partial charge in [0.15, 0.2) is 0 Å². The average molecular weight is 296 g/mol. The van der Waals surface area contributed by atoms with Crippen molar-refractivity contribution in [1.29, 1.82) is 0 Å². The summed E-state index contributed by atoms with van der Waals surface area (Å²) in [6.45, 7) is 9.76. The number of hydrogen-bond donors (Lipinski definition) is 2. The molecule has 4 nitrogen and oxygen atoms in total. The van der Waals surface area contributed by atoms with Gasteiger partial charge < -0.3 is 5.32 Å². The highest BCUT2D eigenvalue weighted by molar-refractivity contribution is 7.89. The van der Waals surface area contributed by atoms with Gasteiger partial charge in [-0.05, 0) is 41.5 Å². The van der Waals surface area contributed by atoms with E-state index in [1.54, 1.807) is 12.1 Å². The van der Waals surface area contributed by atoms with E-state index in [2.05, 4.69) is 37.7 Å². The molecule has 1 aliphatic rings. The normalized spacial score (nSPS) is 16.6. The van der Waals surface area contributed by atoms with E-state index < -0.39 is 10.0 Å². The van der Waals surface area contributed by atoms with Crippen molar-refractivity contribution in [3.63, 3.8) is 0 Å². The van der Waals surface area contributed by atoms with Crippen LogP contribution in [0, 0.1) is 11.3 Å². The van der Waals surface area contributed by atoms with Crippen molar-refractivity contribution in [2.75, 3.05) is 18.4 Å². The lowest BCUT2D eigenvalue weighted by Gasteiger charge is -2.27. The third kappa shape index (κ3) is 3.33. The number of rotatable bonds is 4. The maximum atomic E-state index is 12.3. The lowest BCUT2D eigenvalue weighted by molar-refractivity contribution is 0.263. The van der Waals surface area contributed by atoms with Crippen LogP contribution in [0.5, 0.6) is 0 Å². The zero-order valence-electron chi connectivity index (χ0n) is 12.7. The molecule has 0 fully saturated rings. The Bertz CT molecular complexity index is 588. The third-order valence-corrected chi connectivity index (χ3v) is 5.58. The van der Waals surface area contributed by atoms with Gasteiger partial charge >= 0.3 is 0 Å². The monoisotopic (exact) mass is 296 g/mol. The molecular formula is C15H24N2O2S. The van der Waals surface area contributed by atoms with Crippen LogP contribution in [-0.4, -0.2) is 21.5 Å². The summed E-state index contributed by atoms with van der Waals surface area (Å²) in [5.74, 6) is 0.272. The molecule has 1 heterocycles. The summed E-state index contributed by atoms with van der Waals surface area (Å²) in [7, 11) is -3.41. The van der Waals surface area contributed by atoms with E-state index in [1.165, 1.54) is 0 Å². The fourth-order valence-corrected chi connectivity index (χ4v) is 3.25. The molecule has 0 amide bonds. The summed E-state index contributed by atoms with van der Waals surface area (Å²) in [5.41, 5.74) is 2.22. The number of anilines is 1. The second kappa shape index (κ2) is 5.37. The van der Waals surface area contributed by atoms with Crippen LogP contribution in [0.25, 0.3) is 0 Å². The standard InChI is InChI=1S/C15H24N2O2S/c1-11(15(2,3)4)10-17-20(18,19)13-5-6-14-12(9-13)7-8-16-14/h5-6,9,11,16-17H,7-8,10H2,1-4H3. The molecule has 0 saturated carbocycles. The molecule has 1 unspecified atom stereocenters. The minimum absolute atomic E-state index is 0.0877. The lowest BCUT2D eigenvalue weighted by atomic mass is 9.82. The van der Waals surface area contributed by atoms with Gasteiger partial charge in [-0.3, -0.25) is 0 Å². The maximum Gasteiger partial charge on any atom is 0.240 e. The number of nitrogens with one attached hydrogen (secondary N) is 2. The van der Waals surface area contributed by atoms with Gasteiger partial charge in [0.2, 0.25) is 10.0 Å². The molecule has 0 spiro atoms. The summed E-state index contributed by atoms with van der Waals surface area (Å²) in [6.07, 6.45) is 0.886. The van der Waals surface area contributed by atoms with E-state index in [-0.39, 0.29) is 11.3 Å². The van der Waals surface area contributed by atoms with Crippen LogP contribution in [-0.2, 0) is 16.4 Å². The molecule has 112 valence electrons. The van der Waals surface area contributed by atoms with E-state index in [0.29, 0.717) is 11.4 Å². The molecule has 1 aromatic carbocycles. The minimum atomic E-state index is -3.41. The molecule has 5 heteroatoms. The average Bonchev–Trinajstić information content (AvgIpc) is 2.81. The molecule has 0 bridgehead atoms. The Morgan fingerprint density at radius 3 is 2.70 bits per heavy atom. The quantitative estimate of drug-likeness (QED) is 0.898. The molecule has 0 saturated heterocycles. The lowest BCUT2D eigenvalue weighted by Crippen LogP contribution is -2.33. The Labute approximate surface area is 122 Å². The molecule has 1 aliphatic heterocycles. The van der Waals surface area contributed by atoms with Crippen molar-refractivity contribution < 1.29 is 8.42 Å².